The van der Waals surface area contributed by atoms with Crippen LogP contribution >= 0.6 is 0 Å². The summed E-state index contributed by atoms with van der Waals surface area (Å²) in [5.74, 6) is 0. The molecular formula is C8H7F3N2. The summed E-state index contributed by atoms with van der Waals surface area (Å²) in [6, 6.07) is 0.951. The number of pyridine rings is 1. The van der Waals surface area contributed by atoms with Gasteiger partial charge >= 0.3 is 6.18 Å². The second-order valence-corrected chi connectivity index (χ2v) is 2.32. The SMILES string of the molecule is C/C=N/c1cncc(C(F)(F)F)c1. The van der Waals surface area contributed by atoms with Crippen molar-refractivity contribution in [2.24, 2.45) is 4.99 Å². The molecule has 0 aliphatic heterocycles. The summed E-state index contributed by atoms with van der Waals surface area (Å²) in [7, 11) is 0. The molecule has 70 valence electrons. The second kappa shape index (κ2) is 3.55. The van der Waals surface area contributed by atoms with Gasteiger partial charge in [0.25, 0.3) is 0 Å². The molecule has 1 aromatic heterocycles. The summed E-state index contributed by atoms with van der Waals surface area (Å²) in [6.45, 7) is 1.63. The molecule has 0 unspecified atom stereocenters. The smallest absolute Gasteiger partial charge is 0.262 e. The number of rotatable bonds is 1. The van der Waals surface area contributed by atoms with Crippen molar-refractivity contribution in [3.8, 4) is 0 Å². The Morgan fingerprint density at radius 2 is 2.08 bits per heavy atom. The van der Waals surface area contributed by atoms with E-state index in [0.29, 0.717) is 0 Å². The van der Waals surface area contributed by atoms with Gasteiger partial charge in [0.1, 0.15) is 0 Å². The fourth-order valence-electron chi connectivity index (χ4n) is 0.802. The number of aliphatic imine (C=N–C) groups is 1. The molecule has 0 N–H and O–H groups in total. The first-order chi connectivity index (χ1) is 6.04. The third kappa shape index (κ3) is 2.54. The highest BCUT2D eigenvalue weighted by atomic mass is 19.4. The van der Waals surface area contributed by atoms with Crippen molar-refractivity contribution in [1.82, 2.24) is 4.98 Å². The molecule has 0 amide bonds. The number of alkyl halides is 3. The van der Waals surface area contributed by atoms with E-state index in [1.165, 1.54) is 12.4 Å². The lowest BCUT2D eigenvalue weighted by Crippen LogP contribution is -2.04. The number of nitrogens with zero attached hydrogens (tertiary/aromatic N) is 2. The molecule has 0 atom stereocenters. The van der Waals surface area contributed by atoms with Crippen molar-refractivity contribution in [3.63, 3.8) is 0 Å². The van der Waals surface area contributed by atoms with Gasteiger partial charge in [0.05, 0.1) is 17.4 Å². The Balaban J connectivity index is 3.05. The molecule has 0 aromatic carbocycles. The van der Waals surface area contributed by atoms with Gasteiger partial charge < -0.3 is 0 Å². The molecule has 0 saturated carbocycles. The Bertz CT molecular complexity index is 317. The van der Waals surface area contributed by atoms with Crippen LogP contribution in [-0.4, -0.2) is 11.2 Å². The lowest BCUT2D eigenvalue weighted by Gasteiger charge is -2.05. The monoisotopic (exact) mass is 188 g/mol. The first-order valence-electron chi connectivity index (χ1n) is 3.55. The zero-order valence-corrected chi connectivity index (χ0v) is 6.84. The standard InChI is InChI=1S/C8H7F3N2/c1-2-13-7-3-6(4-12-5-7)8(9,10)11/h2-5H,1H3/b13-2+. The predicted molar refractivity (Wildman–Crippen MR) is 43.1 cm³/mol. The average molecular weight is 188 g/mol. The van der Waals surface area contributed by atoms with Gasteiger partial charge in [0, 0.05) is 12.4 Å². The van der Waals surface area contributed by atoms with Gasteiger partial charge in [0.15, 0.2) is 0 Å². The van der Waals surface area contributed by atoms with E-state index >= 15 is 0 Å². The fourth-order valence-corrected chi connectivity index (χ4v) is 0.802. The first-order valence-corrected chi connectivity index (χ1v) is 3.55. The maximum Gasteiger partial charge on any atom is 0.417 e. The van der Waals surface area contributed by atoms with Crippen LogP contribution < -0.4 is 0 Å². The Kier molecular flexibility index (Phi) is 2.65. The minimum Gasteiger partial charge on any atom is -0.262 e. The van der Waals surface area contributed by atoms with Crippen LogP contribution in [0.25, 0.3) is 0 Å². The molecule has 5 heteroatoms. The topological polar surface area (TPSA) is 25.2 Å². The molecule has 0 fully saturated rings. The van der Waals surface area contributed by atoms with Crippen LogP contribution in [0.4, 0.5) is 18.9 Å². The number of hydrogen-bond acceptors (Lipinski definition) is 2. The van der Waals surface area contributed by atoms with Gasteiger partial charge in [-0.25, -0.2) is 0 Å². The summed E-state index contributed by atoms with van der Waals surface area (Å²) in [5.41, 5.74) is -0.576. The van der Waals surface area contributed by atoms with E-state index in [0.717, 1.165) is 12.3 Å². The summed E-state index contributed by atoms with van der Waals surface area (Å²) < 4.78 is 36.3. The van der Waals surface area contributed by atoms with Crippen LogP contribution in [-0.2, 0) is 6.18 Å². The molecule has 0 spiro atoms. The van der Waals surface area contributed by atoms with Crippen molar-refractivity contribution in [2.45, 2.75) is 13.1 Å². The van der Waals surface area contributed by atoms with Crippen molar-refractivity contribution in [2.75, 3.05) is 0 Å². The Hall–Kier alpha value is -1.39. The third-order valence-corrected chi connectivity index (χ3v) is 1.33. The second-order valence-electron chi connectivity index (χ2n) is 2.32. The fraction of sp³-hybridized carbons (Fsp3) is 0.250. The Morgan fingerprint density at radius 1 is 1.38 bits per heavy atom. The first kappa shape index (κ1) is 9.70. The van der Waals surface area contributed by atoms with Crippen LogP contribution in [0.5, 0.6) is 0 Å². The number of hydrogen-bond donors (Lipinski definition) is 0. The Labute approximate surface area is 73.1 Å². The zero-order chi connectivity index (χ0) is 9.90. The van der Waals surface area contributed by atoms with E-state index in [9.17, 15) is 13.2 Å². The largest absolute Gasteiger partial charge is 0.417 e. The van der Waals surface area contributed by atoms with Gasteiger partial charge in [-0.1, -0.05) is 0 Å². The van der Waals surface area contributed by atoms with Crippen molar-refractivity contribution in [1.29, 1.82) is 0 Å². The maximum absolute atomic E-state index is 12.1. The highest BCUT2D eigenvalue weighted by Gasteiger charge is 2.30. The highest BCUT2D eigenvalue weighted by Crippen LogP contribution is 2.30. The van der Waals surface area contributed by atoms with Crippen LogP contribution in [0.2, 0.25) is 0 Å². The molecule has 2 nitrogen and oxygen atoms in total. The Morgan fingerprint density at radius 3 is 2.62 bits per heavy atom. The quantitative estimate of drug-likeness (QED) is 0.622. The van der Waals surface area contributed by atoms with Crippen LogP contribution in [0.3, 0.4) is 0 Å². The minimum atomic E-state index is -4.35. The molecule has 1 aromatic rings. The van der Waals surface area contributed by atoms with Gasteiger partial charge in [-0.3, -0.25) is 9.98 Å². The lowest BCUT2D eigenvalue weighted by atomic mass is 10.2. The summed E-state index contributed by atoms with van der Waals surface area (Å²) in [4.78, 5) is 7.13. The molecule has 0 aliphatic carbocycles. The molecule has 1 rings (SSSR count). The van der Waals surface area contributed by atoms with Gasteiger partial charge in [-0.15, -0.1) is 0 Å². The van der Waals surface area contributed by atoms with E-state index in [1.54, 1.807) is 6.92 Å². The van der Waals surface area contributed by atoms with Gasteiger partial charge in [0.2, 0.25) is 0 Å². The lowest BCUT2D eigenvalue weighted by molar-refractivity contribution is -0.137. The molecule has 0 aliphatic rings. The number of halogens is 3. The van der Waals surface area contributed by atoms with Crippen LogP contribution in [0.1, 0.15) is 12.5 Å². The van der Waals surface area contributed by atoms with E-state index < -0.39 is 11.7 Å². The van der Waals surface area contributed by atoms with Crippen molar-refractivity contribution in [3.05, 3.63) is 24.0 Å². The average Bonchev–Trinajstić information content (AvgIpc) is 2.04. The number of aromatic nitrogens is 1. The molecule has 13 heavy (non-hydrogen) atoms. The third-order valence-electron chi connectivity index (χ3n) is 1.33. The maximum atomic E-state index is 12.1. The van der Waals surface area contributed by atoms with E-state index in [1.807, 2.05) is 0 Å². The van der Waals surface area contributed by atoms with Gasteiger partial charge in [-0.2, -0.15) is 13.2 Å². The van der Waals surface area contributed by atoms with Crippen LogP contribution in [0.15, 0.2) is 23.5 Å². The summed E-state index contributed by atoms with van der Waals surface area (Å²) in [5, 5.41) is 0. The van der Waals surface area contributed by atoms with Crippen molar-refractivity contribution >= 4 is 11.9 Å². The zero-order valence-electron chi connectivity index (χ0n) is 6.84. The van der Waals surface area contributed by atoms with E-state index in [4.69, 9.17) is 0 Å². The van der Waals surface area contributed by atoms with Gasteiger partial charge in [-0.05, 0) is 13.0 Å². The van der Waals surface area contributed by atoms with Crippen molar-refractivity contribution < 1.29 is 13.2 Å². The molecule has 1 heterocycles. The minimum absolute atomic E-state index is 0.206. The highest BCUT2D eigenvalue weighted by molar-refractivity contribution is 5.60. The summed E-state index contributed by atoms with van der Waals surface area (Å²) in [6.07, 6.45) is -0.895. The molecule has 0 radical (unpaired) electrons. The molecule has 0 bridgehead atoms. The molecular weight excluding hydrogens is 181 g/mol. The van der Waals surface area contributed by atoms with E-state index in [2.05, 4.69) is 9.98 Å². The van der Waals surface area contributed by atoms with E-state index in [-0.39, 0.29) is 5.69 Å². The normalized spacial score (nSPS) is 12.3. The van der Waals surface area contributed by atoms with Crippen LogP contribution in [0, 0.1) is 0 Å². The summed E-state index contributed by atoms with van der Waals surface area (Å²) >= 11 is 0. The predicted octanol–water partition coefficient (Wildman–Crippen LogP) is 2.82. The molecule has 0 saturated heterocycles.